The zero-order valence-electron chi connectivity index (χ0n) is 22.5. The van der Waals surface area contributed by atoms with E-state index in [0.717, 1.165) is 16.1 Å². The van der Waals surface area contributed by atoms with Gasteiger partial charge in [-0.05, 0) is 43.2 Å². The summed E-state index contributed by atoms with van der Waals surface area (Å²) in [6.45, 7) is 3.17. The summed E-state index contributed by atoms with van der Waals surface area (Å²) in [5.74, 6) is -0.454. The highest BCUT2D eigenvalue weighted by Gasteiger charge is 2.33. The molecule has 0 saturated carbocycles. The Balaban J connectivity index is 2.07. The summed E-state index contributed by atoms with van der Waals surface area (Å²) >= 11 is 6.45. The topological polar surface area (TPSA) is 96.0 Å². The second-order valence-electron chi connectivity index (χ2n) is 9.45. The first kappa shape index (κ1) is 30.0. The highest BCUT2D eigenvalue weighted by Crippen LogP contribution is 2.25. The number of hydrogen-bond acceptors (Lipinski definition) is 5. The van der Waals surface area contributed by atoms with E-state index in [4.69, 9.17) is 16.3 Å². The van der Waals surface area contributed by atoms with Crippen LogP contribution in [0, 0.1) is 0 Å². The van der Waals surface area contributed by atoms with Crippen molar-refractivity contribution in [3.63, 3.8) is 0 Å². The van der Waals surface area contributed by atoms with Crippen molar-refractivity contribution in [3.8, 4) is 5.75 Å². The first-order valence-corrected chi connectivity index (χ1v) is 14.7. The van der Waals surface area contributed by atoms with E-state index in [0.29, 0.717) is 16.3 Å². The summed E-state index contributed by atoms with van der Waals surface area (Å²) in [5.41, 5.74) is 1.76. The van der Waals surface area contributed by atoms with E-state index >= 15 is 0 Å². The zero-order valence-corrected chi connectivity index (χ0v) is 24.1. The van der Waals surface area contributed by atoms with Crippen LogP contribution in [0.2, 0.25) is 5.02 Å². The summed E-state index contributed by atoms with van der Waals surface area (Å²) in [7, 11) is -2.40. The fourth-order valence-electron chi connectivity index (χ4n) is 4.12. The third kappa shape index (κ3) is 8.46. The quantitative estimate of drug-likeness (QED) is 0.350. The third-order valence-electron chi connectivity index (χ3n) is 6.02. The molecule has 0 aliphatic rings. The van der Waals surface area contributed by atoms with Crippen LogP contribution in [0.1, 0.15) is 25.0 Å². The molecular formula is C29H34ClN3O5S. The van der Waals surface area contributed by atoms with Gasteiger partial charge in [-0.3, -0.25) is 13.9 Å². The first-order valence-electron chi connectivity index (χ1n) is 12.5. The minimum atomic E-state index is -3.87. The van der Waals surface area contributed by atoms with Crippen molar-refractivity contribution < 1.29 is 22.7 Å². The molecule has 1 N–H and O–H groups in total. The number of methoxy groups -OCH3 is 1. The maximum Gasteiger partial charge on any atom is 0.244 e. The van der Waals surface area contributed by atoms with E-state index in [2.05, 4.69) is 5.32 Å². The summed E-state index contributed by atoms with van der Waals surface area (Å²) in [6, 6.07) is 21.8. The van der Waals surface area contributed by atoms with Gasteiger partial charge in [-0.15, -0.1) is 0 Å². The second-order valence-corrected chi connectivity index (χ2v) is 11.8. The lowest BCUT2D eigenvalue weighted by molar-refractivity contribution is -0.140. The number of amides is 2. The van der Waals surface area contributed by atoms with E-state index in [9.17, 15) is 18.0 Å². The third-order valence-corrected chi connectivity index (χ3v) is 7.53. The Kier molecular flexibility index (Phi) is 10.4. The Bertz CT molecular complexity index is 1380. The number of anilines is 1. The maximum atomic E-state index is 14.0. The van der Waals surface area contributed by atoms with Crippen molar-refractivity contribution in [2.75, 3.05) is 24.2 Å². The smallest absolute Gasteiger partial charge is 0.244 e. The van der Waals surface area contributed by atoms with Crippen LogP contribution in [-0.2, 0) is 32.6 Å². The number of benzene rings is 3. The van der Waals surface area contributed by atoms with Crippen LogP contribution in [-0.4, -0.2) is 57.1 Å². The molecule has 0 radical (unpaired) electrons. The fourth-order valence-corrected chi connectivity index (χ4v) is 5.16. The molecule has 0 unspecified atom stereocenters. The lowest BCUT2D eigenvalue weighted by atomic mass is 10.0. The zero-order chi connectivity index (χ0) is 28.6. The van der Waals surface area contributed by atoms with Crippen LogP contribution >= 0.6 is 11.6 Å². The minimum absolute atomic E-state index is 0.0111. The molecule has 10 heteroatoms. The van der Waals surface area contributed by atoms with Crippen LogP contribution in [0.3, 0.4) is 0 Å². The number of hydrogen-bond donors (Lipinski definition) is 1. The van der Waals surface area contributed by atoms with Gasteiger partial charge in [-0.1, -0.05) is 66.2 Å². The molecule has 0 aliphatic carbocycles. The molecule has 0 saturated heterocycles. The SMILES string of the molecule is COc1cccc(N(CC(=O)N(Cc2ccccc2Cl)[C@@H](Cc2ccccc2)C(=O)NC(C)C)S(C)(=O)=O)c1. The van der Waals surface area contributed by atoms with Crippen molar-refractivity contribution in [1.29, 1.82) is 0 Å². The predicted octanol–water partition coefficient (Wildman–Crippen LogP) is 4.28. The molecule has 208 valence electrons. The number of nitrogens with zero attached hydrogens (tertiary/aromatic N) is 2. The average Bonchev–Trinajstić information content (AvgIpc) is 2.89. The molecule has 8 nitrogen and oxygen atoms in total. The molecule has 1 atom stereocenters. The minimum Gasteiger partial charge on any atom is -0.497 e. The summed E-state index contributed by atoms with van der Waals surface area (Å²) in [4.78, 5) is 29.0. The van der Waals surface area contributed by atoms with Gasteiger partial charge in [0, 0.05) is 30.1 Å². The Morgan fingerprint density at radius 3 is 2.26 bits per heavy atom. The van der Waals surface area contributed by atoms with E-state index in [1.54, 1.807) is 48.5 Å². The largest absolute Gasteiger partial charge is 0.497 e. The molecule has 3 rings (SSSR count). The first-order chi connectivity index (χ1) is 18.5. The lowest BCUT2D eigenvalue weighted by Crippen LogP contribution is -2.54. The van der Waals surface area contributed by atoms with Crippen LogP contribution in [0.25, 0.3) is 0 Å². The Morgan fingerprint density at radius 1 is 0.974 bits per heavy atom. The van der Waals surface area contributed by atoms with E-state index in [1.807, 2.05) is 44.2 Å². The van der Waals surface area contributed by atoms with Crippen LogP contribution in [0.15, 0.2) is 78.9 Å². The van der Waals surface area contributed by atoms with Gasteiger partial charge in [-0.2, -0.15) is 0 Å². The molecule has 0 spiro atoms. The monoisotopic (exact) mass is 571 g/mol. The number of halogens is 1. The molecule has 0 heterocycles. The number of carbonyl (C=O) groups excluding carboxylic acids is 2. The van der Waals surface area contributed by atoms with Gasteiger partial charge in [0.25, 0.3) is 0 Å². The number of rotatable bonds is 12. The van der Waals surface area contributed by atoms with Gasteiger partial charge in [-0.25, -0.2) is 8.42 Å². The molecule has 39 heavy (non-hydrogen) atoms. The van der Waals surface area contributed by atoms with Gasteiger partial charge in [0.15, 0.2) is 0 Å². The van der Waals surface area contributed by atoms with Gasteiger partial charge >= 0.3 is 0 Å². The fraction of sp³-hybridized carbons (Fsp3) is 0.310. The average molecular weight is 572 g/mol. The molecule has 3 aromatic rings. The van der Waals surface area contributed by atoms with Crippen molar-refractivity contribution in [3.05, 3.63) is 95.0 Å². The summed E-state index contributed by atoms with van der Waals surface area (Å²) in [6.07, 6.45) is 1.26. The predicted molar refractivity (Wildman–Crippen MR) is 154 cm³/mol. The molecular weight excluding hydrogens is 538 g/mol. The summed E-state index contributed by atoms with van der Waals surface area (Å²) in [5, 5.41) is 3.35. The van der Waals surface area contributed by atoms with Crippen molar-refractivity contribution in [2.45, 2.75) is 38.9 Å². The van der Waals surface area contributed by atoms with E-state index in [1.165, 1.54) is 12.0 Å². The lowest BCUT2D eigenvalue weighted by Gasteiger charge is -2.34. The van der Waals surface area contributed by atoms with Crippen LogP contribution < -0.4 is 14.4 Å². The molecule has 0 aromatic heterocycles. The normalized spacial score (nSPS) is 12.1. The second kappa shape index (κ2) is 13.5. The van der Waals surface area contributed by atoms with Crippen molar-refractivity contribution in [1.82, 2.24) is 10.2 Å². The molecule has 3 aromatic carbocycles. The standard InChI is InChI=1S/C29H34ClN3O5S/c1-21(2)31-29(35)27(17-22-11-6-5-7-12-22)32(19-23-13-8-9-16-26(23)30)28(34)20-33(39(4,36)37)24-14-10-15-25(18-24)38-3/h5-16,18,21,27H,17,19-20H2,1-4H3,(H,31,35)/t27-/m0/s1. The summed E-state index contributed by atoms with van der Waals surface area (Å²) < 4.78 is 32.0. The molecule has 0 bridgehead atoms. The molecule has 2 amide bonds. The Labute approximate surface area is 235 Å². The Morgan fingerprint density at radius 2 is 1.64 bits per heavy atom. The number of sulfonamides is 1. The van der Waals surface area contributed by atoms with Crippen LogP contribution in [0.5, 0.6) is 5.75 Å². The maximum absolute atomic E-state index is 14.0. The van der Waals surface area contributed by atoms with E-state index < -0.39 is 28.5 Å². The highest BCUT2D eigenvalue weighted by molar-refractivity contribution is 7.92. The number of carbonyl (C=O) groups is 2. The highest BCUT2D eigenvalue weighted by atomic mass is 35.5. The number of nitrogens with one attached hydrogen (secondary N) is 1. The molecule has 0 fully saturated rings. The molecule has 0 aliphatic heterocycles. The van der Waals surface area contributed by atoms with Gasteiger partial charge < -0.3 is 15.0 Å². The number of ether oxygens (including phenoxy) is 1. The van der Waals surface area contributed by atoms with Gasteiger partial charge in [0.1, 0.15) is 18.3 Å². The van der Waals surface area contributed by atoms with Crippen LogP contribution in [0.4, 0.5) is 5.69 Å². The van der Waals surface area contributed by atoms with Crippen molar-refractivity contribution in [2.24, 2.45) is 0 Å². The van der Waals surface area contributed by atoms with E-state index in [-0.39, 0.29) is 30.6 Å². The van der Waals surface area contributed by atoms with Gasteiger partial charge in [0.05, 0.1) is 19.1 Å². The van der Waals surface area contributed by atoms with Crippen molar-refractivity contribution >= 4 is 39.1 Å². The Hall–Kier alpha value is -3.56. The van der Waals surface area contributed by atoms with Gasteiger partial charge in [0.2, 0.25) is 21.8 Å².